The van der Waals surface area contributed by atoms with Crippen molar-refractivity contribution < 1.29 is 29.5 Å². The van der Waals surface area contributed by atoms with Crippen molar-refractivity contribution in [2.45, 2.75) is 12.1 Å². The zero-order valence-corrected chi connectivity index (χ0v) is 7.77. The lowest BCUT2D eigenvalue weighted by atomic mass is 10.4. The summed E-state index contributed by atoms with van der Waals surface area (Å²) in [6, 6.07) is 0. The van der Waals surface area contributed by atoms with Gasteiger partial charge in [-0.15, -0.1) is 0 Å². The first-order valence-corrected chi connectivity index (χ1v) is 3.78. The predicted octanol–water partition coefficient (Wildman–Crippen LogP) is -1.70. The van der Waals surface area contributed by atoms with Crippen LogP contribution in [-0.2, 0) is 14.2 Å². The molecule has 0 aliphatic rings. The summed E-state index contributed by atoms with van der Waals surface area (Å²) in [7, 11) is 2.57. The van der Waals surface area contributed by atoms with E-state index < -0.39 is 18.7 Å². The summed E-state index contributed by atoms with van der Waals surface area (Å²) in [6.07, 6.45) is -0.841. The highest BCUT2D eigenvalue weighted by Gasteiger charge is 2.33. The predicted molar refractivity (Wildman–Crippen MR) is 42.9 cm³/mol. The third-order valence-corrected chi connectivity index (χ3v) is 1.57. The third-order valence-electron chi connectivity index (χ3n) is 1.57. The molecule has 0 amide bonds. The fraction of sp³-hybridized carbons (Fsp3) is 1.00. The Morgan fingerprint density at radius 1 is 1.08 bits per heavy atom. The minimum Gasteiger partial charge on any atom is -0.394 e. The third kappa shape index (κ3) is 3.55. The van der Waals surface area contributed by atoms with Crippen LogP contribution in [0.2, 0.25) is 0 Å². The lowest BCUT2D eigenvalue weighted by Crippen LogP contribution is -2.45. The highest BCUT2D eigenvalue weighted by molar-refractivity contribution is 4.60. The van der Waals surface area contributed by atoms with Crippen LogP contribution in [0.15, 0.2) is 0 Å². The molecule has 0 aromatic rings. The van der Waals surface area contributed by atoms with Crippen molar-refractivity contribution in [1.82, 2.24) is 0 Å². The van der Waals surface area contributed by atoms with Gasteiger partial charge >= 0.3 is 5.97 Å². The first-order chi connectivity index (χ1) is 6.17. The Bertz CT molecular complexity index is 112. The maximum Gasteiger partial charge on any atom is 0.307 e. The van der Waals surface area contributed by atoms with Gasteiger partial charge in [0, 0.05) is 14.2 Å². The van der Waals surface area contributed by atoms with E-state index in [1.54, 1.807) is 0 Å². The second kappa shape index (κ2) is 6.25. The Hall–Kier alpha value is -0.240. The van der Waals surface area contributed by atoms with E-state index in [-0.39, 0.29) is 13.2 Å². The zero-order chi connectivity index (χ0) is 10.3. The molecule has 80 valence electrons. The van der Waals surface area contributed by atoms with Crippen LogP contribution in [0.4, 0.5) is 0 Å². The SMILES string of the molecule is COC(CO)(OC)OC(CO)CO. The molecule has 0 heterocycles. The van der Waals surface area contributed by atoms with Crippen LogP contribution in [0, 0.1) is 0 Å². The van der Waals surface area contributed by atoms with Gasteiger partial charge < -0.3 is 29.5 Å². The van der Waals surface area contributed by atoms with E-state index in [0.29, 0.717) is 0 Å². The lowest BCUT2D eigenvalue weighted by Gasteiger charge is -2.31. The fourth-order valence-corrected chi connectivity index (χ4v) is 0.732. The van der Waals surface area contributed by atoms with E-state index in [2.05, 4.69) is 0 Å². The molecule has 0 rings (SSSR count). The first kappa shape index (κ1) is 12.8. The van der Waals surface area contributed by atoms with Gasteiger partial charge in [0.1, 0.15) is 12.7 Å². The van der Waals surface area contributed by atoms with Crippen LogP contribution >= 0.6 is 0 Å². The number of aliphatic hydroxyl groups excluding tert-OH is 3. The molecule has 0 atom stereocenters. The minimum absolute atomic E-state index is 0.384. The molecule has 3 N–H and O–H groups in total. The Labute approximate surface area is 76.7 Å². The maximum absolute atomic E-state index is 8.88. The summed E-state index contributed by atoms with van der Waals surface area (Å²) in [5.41, 5.74) is 0. The van der Waals surface area contributed by atoms with Crippen LogP contribution in [0.3, 0.4) is 0 Å². The topological polar surface area (TPSA) is 88.4 Å². The van der Waals surface area contributed by atoms with E-state index in [4.69, 9.17) is 29.5 Å². The molecular weight excluding hydrogens is 180 g/mol. The summed E-state index contributed by atoms with van der Waals surface area (Å²) >= 11 is 0. The number of hydrogen-bond acceptors (Lipinski definition) is 6. The molecule has 0 saturated heterocycles. The lowest BCUT2D eigenvalue weighted by molar-refractivity contribution is -0.391. The fourth-order valence-electron chi connectivity index (χ4n) is 0.732. The first-order valence-electron chi connectivity index (χ1n) is 3.78. The van der Waals surface area contributed by atoms with Gasteiger partial charge in [-0.2, -0.15) is 0 Å². The van der Waals surface area contributed by atoms with E-state index in [0.717, 1.165) is 0 Å². The highest BCUT2D eigenvalue weighted by Crippen LogP contribution is 2.14. The average molecular weight is 196 g/mol. The Balaban J connectivity index is 4.21. The Morgan fingerprint density at radius 3 is 1.77 bits per heavy atom. The quantitative estimate of drug-likeness (QED) is 0.420. The molecule has 0 unspecified atom stereocenters. The molecule has 6 heteroatoms. The van der Waals surface area contributed by atoms with Crippen molar-refractivity contribution in [3.8, 4) is 0 Å². The van der Waals surface area contributed by atoms with Crippen molar-refractivity contribution in [2.75, 3.05) is 34.0 Å². The number of hydrogen-bond donors (Lipinski definition) is 3. The summed E-state index contributed by atoms with van der Waals surface area (Å²) in [4.78, 5) is 0. The van der Waals surface area contributed by atoms with Crippen molar-refractivity contribution in [3.05, 3.63) is 0 Å². The normalized spacial score (nSPS) is 12.5. The second-order valence-electron chi connectivity index (χ2n) is 2.35. The molecule has 0 aliphatic carbocycles. The number of ether oxygens (including phenoxy) is 3. The van der Waals surface area contributed by atoms with Crippen LogP contribution in [0.25, 0.3) is 0 Å². The van der Waals surface area contributed by atoms with Crippen LogP contribution < -0.4 is 0 Å². The molecule has 0 aromatic heterocycles. The summed E-state index contributed by atoms with van der Waals surface area (Å²) in [5, 5.41) is 26.3. The molecule has 0 spiro atoms. The summed E-state index contributed by atoms with van der Waals surface area (Å²) in [5.74, 6) is -1.61. The largest absolute Gasteiger partial charge is 0.394 e. The second-order valence-corrected chi connectivity index (χ2v) is 2.35. The number of rotatable bonds is 7. The van der Waals surface area contributed by atoms with Crippen LogP contribution in [0.5, 0.6) is 0 Å². The standard InChI is InChI=1S/C7H16O6/c1-11-7(5-10,12-2)13-6(3-8)4-9/h6,8-10H,3-5H2,1-2H3. The molecule has 0 aromatic carbocycles. The maximum atomic E-state index is 8.88. The molecule has 0 radical (unpaired) electrons. The molecule has 0 saturated carbocycles. The van der Waals surface area contributed by atoms with Crippen molar-refractivity contribution in [1.29, 1.82) is 0 Å². The molecule has 0 fully saturated rings. The summed E-state index contributed by atoms with van der Waals surface area (Å²) in [6.45, 7) is -1.30. The minimum atomic E-state index is -1.61. The molecule has 0 aliphatic heterocycles. The Morgan fingerprint density at radius 2 is 1.54 bits per heavy atom. The van der Waals surface area contributed by atoms with Gasteiger partial charge in [0.2, 0.25) is 0 Å². The number of aliphatic hydroxyl groups is 3. The van der Waals surface area contributed by atoms with Crippen molar-refractivity contribution >= 4 is 0 Å². The van der Waals surface area contributed by atoms with Crippen LogP contribution in [0.1, 0.15) is 0 Å². The van der Waals surface area contributed by atoms with E-state index in [1.807, 2.05) is 0 Å². The smallest absolute Gasteiger partial charge is 0.307 e. The molecule has 6 nitrogen and oxygen atoms in total. The van der Waals surface area contributed by atoms with E-state index in [9.17, 15) is 0 Å². The van der Waals surface area contributed by atoms with E-state index >= 15 is 0 Å². The summed E-state index contributed by atoms with van der Waals surface area (Å²) < 4.78 is 14.5. The van der Waals surface area contributed by atoms with Gasteiger partial charge in [0.15, 0.2) is 0 Å². The monoisotopic (exact) mass is 196 g/mol. The van der Waals surface area contributed by atoms with Gasteiger partial charge in [0.25, 0.3) is 0 Å². The van der Waals surface area contributed by atoms with Crippen molar-refractivity contribution in [3.63, 3.8) is 0 Å². The number of methoxy groups -OCH3 is 2. The molecular formula is C7H16O6. The van der Waals surface area contributed by atoms with E-state index in [1.165, 1.54) is 14.2 Å². The zero-order valence-electron chi connectivity index (χ0n) is 7.77. The van der Waals surface area contributed by atoms with Gasteiger partial charge in [-0.1, -0.05) is 0 Å². The van der Waals surface area contributed by atoms with Gasteiger partial charge in [-0.25, -0.2) is 0 Å². The van der Waals surface area contributed by atoms with Gasteiger partial charge in [0.05, 0.1) is 13.2 Å². The Kier molecular flexibility index (Phi) is 6.13. The highest BCUT2D eigenvalue weighted by atomic mass is 16.9. The molecule has 0 bridgehead atoms. The van der Waals surface area contributed by atoms with Crippen molar-refractivity contribution in [2.24, 2.45) is 0 Å². The van der Waals surface area contributed by atoms with Gasteiger partial charge in [-0.3, -0.25) is 0 Å². The average Bonchev–Trinajstić information content (AvgIpc) is 2.21. The van der Waals surface area contributed by atoms with Crippen LogP contribution in [-0.4, -0.2) is 61.4 Å². The van der Waals surface area contributed by atoms with Gasteiger partial charge in [-0.05, 0) is 0 Å². The molecule has 13 heavy (non-hydrogen) atoms.